The van der Waals surface area contributed by atoms with Crippen LogP contribution in [0.15, 0.2) is 34.7 Å². The van der Waals surface area contributed by atoms with Crippen LogP contribution in [-0.2, 0) is 14.3 Å². The molecule has 198 valence electrons. The lowest BCUT2D eigenvalue weighted by Crippen LogP contribution is -2.56. The van der Waals surface area contributed by atoms with E-state index in [4.69, 9.17) is 34.7 Å². The van der Waals surface area contributed by atoms with Crippen LogP contribution in [-0.4, -0.2) is 51.4 Å². The maximum Gasteiger partial charge on any atom is 0.414 e. The second-order valence-corrected chi connectivity index (χ2v) is 13.1. The van der Waals surface area contributed by atoms with E-state index in [1.165, 1.54) is 56.3 Å². The molecule has 4 fully saturated rings. The summed E-state index contributed by atoms with van der Waals surface area (Å²) in [6, 6.07) is 2.20. The van der Waals surface area contributed by atoms with Gasteiger partial charge < -0.3 is 25.1 Å². The lowest BCUT2D eigenvalue weighted by Gasteiger charge is -2.58. The molecule has 1 aromatic heterocycles. The van der Waals surface area contributed by atoms with Gasteiger partial charge in [-0.3, -0.25) is 0 Å². The molecule has 0 unspecified atom stereocenters. The summed E-state index contributed by atoms with van der Waals surface area (Å²) in [6.45, 7) is 5.97. The van der Waals surface area contributed by atoms with Crippen LogP contribution in [0.5, 0.6) is 0 Å². The molecule has 0 radical (unpaired) electrons. The lowest BCUT2D eigenvalue weighted by molar-refractivity contribution is -0.159. The van der Waals surface area contributed by atoms with Crippen molar-refractivity contribution in [1.82, 2.24) is 0 Å². The smallest absolute Gasteiger partial charge is 0.414 e. The molecule has 7 nitrogen and oxygen atoms in total. The molecule has 6 rings (SSSR count). The van der Waals surface area contributed by atoms with Crippen molar-refractivity contribution in [2.45, 2.75) is 88.1 Å². The van der Waals surface area contributed by atoms with Crippen molar-refractivity contribution in [2.75, 3.05) is 12.3 Å². The first-order valence-electron chi connectivity index (χ1n) is 13.4. The second kappa shape index (κ2) is 9.52. The van der Waals surface area contributed by atoms with Crippen LogP contribution >= 0.6 is 11.8 Å². The quantitative estimate of drug-likeness (QED) is 0.214. The van der Waals surface area contributed by atoms with Crippen molar-refractivity contribution in [3.8, 4) is 0 Å². The maximum atomic E-state index is 9.10. The monoisotopic (exact) mass is 517 g/mol. The highest BCUT2D eigenvalue weighted by molar-refractivity contribution is 8.00. The van der Waals surface area contributed by atoms with Gasteiger partial charge in [-0.2, -0.15) is 11.8 Å². The maximum absolute atomic E-state index is 9.10. The van der Waals surface area contributed by atoms with Gasteiger partial charge in [0.1, 0.15) is 5.60 Å². The van der Waals surface area contributed by atoms with Gasteiger partial charge in [-0.25, -0.2) is 9.59 Å². The fourth-order valence-electron chi connectivity index (χ4n) is 8.56. The number of furan rings is 1. The molecule has 4 aliphatic carbocycles. The number of ether oxygens (including phenoxy) is 1. The number of carboxylic acid groups (broad SMARTS) is 2. The Labute approximate surface area is 217 Å². The van der Waals surface area contributed by atoms with Crippen LogP contribution in [0.4, 0.5) is 0 Å². The van der Waals surface area contributed by atoms with Crippen LogP contribution < -0.4 is 5.73 Å². The molecular formula is C28H39NO6S. The number of fused-ring (bicyclic) bond motifs is 3. The van der Waals surface area contributed by atoms with Crippen molar-refractivity contribution in [3.63, 3.8) is 0 Å². The Balaban J connectivity index is 0.000000400. The normalized spacial score (nSPS) is 42.0. The van der Waals surface area contributed by atoms with E-state index < -0.39 is 11.9 Å². The van der Waals surface area contributed by atoms with Gasteiger partial charge in [-0.1, -0.05) is 25.5 Å². The summed E-state index contributed by atoms with van der Waals surface area (Å²) in [7, 11) is 0. The van der Waals surface area contributed by atoms with E-state index in [9.17, 15) is 0 Å². The summed E-state index contributed by atoms with van der Waals surface area (Å²) < 4.78 is 12.2. The predicted octanol–water partition coefficient (Wildman–Crippen LogP) is 5.06. The van der Waals surface area contributed by atoms with E-state index in [1.54, 1.807) is 5.57 Å². The van der Waals surface area contributed by atoms with Gasteiger partial charge in [0.05, 0.1) is 18.6 Å². The molecule has 5 aliphatic rings. The van der Waals surface area contributed by atoms with E-state index in [1.807, 2.05) is 12.5 Å². The molecule has 3 saturated carbocycles. The Bertz CT molecular complexity index is 1010. The number of carboxylic acids is 2. The zero-order valence-corrected chi connectivity index (χ0v) is 22.1. The van der Waals surface area contributed by atoms with Crippen molar-refractivity contribution >= 4 is 23.7 Å². The minimum atomic E-state index is -1.82. The van der Waals surface area contributed by atoms with E-state index in [2.05, 4.69) is 37.8 Å². The van der Waals surface area contributed by atoms with Gasteiger partial charge in [-0.05, 0) is 98.5 Å². The Morgan fingerprint density at radius 1 is 1.14 bits per heavy atom. The number of hydrogen-bond donors (Lipinski definition) is 3. The molecule has 8 atom stereocenters. The highest BCUT2D eigenvalue weighted by atomic mass is 32.2. The van der Waals surface area contributed by atoms with Crippen LogP contribution in [0.1, 0.15) is 76.7 Å². The number of hydrogen-bond acceptors (Lipinski definition) is 6. The van der Waals surface area contributed by atoms with E-state index in [-0.39, 0.29) is 11.0 Å². The fraction of sp³-hybridized carbons (Fsp3) is 0.714. The minimum Gasteiger partial charge on any atom is -0.473 e. The molecule has 0 amide bonds. The summed E-state index contributed by atoms with van der Waals surface area (Å²) in [6.07, 6.45) is 17.3. The molecular weight excluding hydrogens is 478 g/mol. The molecule has 1 aliphatic heterocycles. The van der Waals surface area contributed by atoms with Crippen molar-refractivity contribution < 1.29 is 29.0 Å². The molecule has 0 bridgehead atoms. The number of nitrogens with two attached hydrogens (primary N) is 1. The molecule has 8 heteroatoms. The number of allylic oxidation sites excluding steroid dienone is 1. The standard InChI is InChI=1S/C26H37NO2S.C2H2O4/c1-24-9-6-19(30-13-3-11-27)14-18(24)4-5-21-20(24)7-10-25(2)22(17-8-12-28-16-17)15-23-26(21,25)29-23;3-1(4)2(5)6/h8,12,14,16,19-23H,3-7,9-11,13,15,27H2,1-2H3;(H,3,4)(H,5,6)/t19-,20-,21+,22+,23+,24-,25+,26+;/m0./s1. The number of aliphatic carboxylic acids is 2. The van der Waals surface area contributed by atoms with Crippen LogP contribution in [0, 0.1) is 22.7 Å². The Morgan fingerprint density at radius 3 is 2.58 bits per heavy atom. The first-order chi connectivity index (χ1) is 17.2. The number of epoxide rings is 1. The molecule has 36 heavy (non-hydrogen) atoms. The zero-order valence-electron chi connectivity index (χ0n) is 21.3. The third-order valence-corrected chi connectivity index (χ3v) is 11.6. The largest absolute Gasteiger partial charge is 0.473 e. The van der Waals surface area contributed by atoms with Gasteiger partial charge in [0, 0.05) is 10.7 Å². The third-order valence-electron chi connectivity index (χ3n) is 10.3. The SMILES string of the molecule is C[C@]12CC[C@H](SCCCN)C=C1CC[C@@H]1[C@@H]2CC[C@]2(C)[C@@H](c3ccoc3)C[C@H]3O[C@]132.O=C(O)C(=O)O. The Morgan fingerprint density at radius 2 is 1.92 bits per heavy atom. The van der Waals surface area contributed by atoms with Crippen molar-refractivity contribution in [1.29, 1.82) is 0 Å². The Hall–Kier alpha value is -1.77. The van der Waals surface area contributed by atoms with Gasteiger partial charge in [-0.15, -0.1) is 0 Å². The number of rotatable bonds is 5. The molecule has 4 N–H and O–H groups in total. The van der Waals surface area contributed by atoms with Crippen molar-refractivity contribution in [2.24, 2.45) is 28.4 Å². The topological polar surface area (TPSA) is 126 Å². The molecule has 1 saturated heterocycles. The fourth-order valence-corrected chi connectivity index (χ4v) is 9.74. The van der Waals surface area contributed by atoms with Crippen LogP contribution in [0.25, 0.3) is 0 Å². The number of thioether (sulfide) groups is 1. The summed E-state index contributed by atoms with van der Waals surface area (Å²) in [5.41, 5.74) is 9.70. The van der Waals surface area contributed by atoms with Gasteiger partial charge in [0.2, 0.25) is 0 Å². The average Bonchev–Trinajstić information content (AvgIpc) is 3.19. The number of carbonyl (C=O) groups is 2. The Kier molecular flexibility index (Phi) is 6.84. The third kappa shape index (κ3) is 3.95. The van der Waals surface area contributed by atoms with E-state index in [0.29, 0.717) is 22.7 Å². The second-order valence-electron chi connectivity index (χ2n) is 11.8. The highest BCUT2D eigenvalue weighted by Crippen LogP contribution is 2.77. The molecule has 1 aromatic rings. The summed E-state index contributed by atoms with van der Waals surface area (Å²) >= 11 is 2.14. The first kappa shape index (κ1) is 25.9. The summed E-state index contributed by atoms with van der Waals surface area (Å²) in [5.74, 6) is -0.295. The minimum absolute atomic E-state index is 0.138. The van der Waals surface area contributed by atoms with Gasteiger partial charge in [0.25, 0.3) is 0 Å². The molecule has 0 aromatic carbocycles. The lowest BCUT2D eigenvalue weighted by atomic mass is 9.46. The highest BCUT2D eigenvalue weighted by Gasteiger charge is 2.80. The first-order valence-corrected chi connectivity index (χ1v) is 14.4. The zero-order chi connectivity index (χ0) is 25.7. The van der Waals surface area contributed by atoms with E-state index >= 15 is 0 Å². The van der Waals surface area contributed by atoms with Crippen molar-refractivity contribution in [3.05, 3.63) is 35.8 Å². The average molecular weight is 518 g/mol. The molecule has 1 spiro atoms. The van der Waals surface area contributed by atoms with E-state index in [0.717, 1.165) is 24.8 Å². The summed E-state index contributed by atoms with van der Waals surface area (Å²) in [4.78, 5) is 18.2. The van der Waals surface area contributed by atoms with Gasteiger partial charge in [0.15, 0.2) is 0 Å². The molecule has 2 heterocycles. The van der Waals surface area contributed by atoms with Gasteiger partial charge >= 0.3 is 11.9 Å². The van der Waals surface area contributed by atoms with Crippen LogP contribution in [0.3, 0.4) is 0 Å². The predicted molar refractivity (Wildman–Crippen MR) is 138 cm³/mol. The summed E-state index contributed by atoms with van der Waals surface area (Å²) in [5, 5.41) is 15.5. The van der Waals surface area contributed by atoms with Crippen LogP contribution in [0.2, 0.25) is 0 Å².